The van der Waals surface area contributed by atoms with Gasteiger partial charge in [0, 0.05) is 6.04 Å². The molecule has 0 radical (unpaired) electrons. The number of nitrogens with one attached hydrogen (secondary N) is 1. The van der Waals surface area contributed by atoms with Crippen molar-refractivity contribution in [1.82, 2.24) is 0 Å². The third-order valence-corrected chi connectivity index (χ3v) is 3.21. The van der Waals surface area contributed by atoms with E-state index in [1.165, 1.54) is 0 Å². The Labute approximate surface area is 122 Å². The van der Waals surface area contributed by atoms with E-state index in [0.29, 0.717) is 11.5 Å². The van der Waals surface area contributed by atoms with Crippen LogP contribution in [-0.4, -0.2) is 14.2 Å². The largest absolute Gasteiger partial charge is 0.493 e. The second-order valence-corrected chi connectivity index (χ2v) is 4.60. The minimum Gasteiger partial charge on any atom is -0.493 e. The highest BCUT2D eigenvalue weighted by Crippen LogP contribution is 2.31. The van der Waals surface area contributed by atoms with Crippen molar-refractivity contribution in [3.8, 4) is 11.5 Å². The minimum absolute atomic E-state index is 0.122. The van der Waals surface area contributed by atoms with E-state index < -0.39 is 11.6 Å². The zero-order chi connectivity index (χ0) is 15.4. The summed E-state index contributed by atoms with van der Waals surface area (Å²) in [4.78, 5) is 0. The van der Waals surface area contributed by atoms with Gasteiger partial charge in [0.2, 0.25) is 0 Å². The number of hydrogen-bond acceptors (Lipinski definition) is 3. The van der Waals surface area contributed by atoms with E-state index in [0.717, 1.165) is 23.8 Å². The molecule has 2 rings (SSSR count). The van der Waals surface area contributed by atoms with E-state index >= 15 is 0 Å². The molecule has 1 N–H and O–H groups in total. The van der Waals surface area contributed by atoms with E-state index in [1.54, 1.807) is 26.4 Å². The van der Waals surface area contributed by atoms with E-state index in [9.17, 15) is 8.78 Å². The molecule has 0 spiro atoms. The maximum absolute atomic E-state index is 13.6. The minimum atomic E-state index is -0.497. The van der Waals surface area contributed by atoms with E-state index in [4.69, 9.17) is 9.47 Å². The molecule has 0 aromatic heterocycles. The van der Waals surface area contributed by atoms with Crippen LogP contribution in [0, 0.1) is 11.6 Å². The fraction of sp³-hybridized carbons (Fsp3) is 0.250. The predicted octanol–water partition coefficient (Wildman–Crippen LogP) is 4.16. The topological polar surface area (TPSA) is 30.5 Å². The van der Waals surface area contributed by atoms with Gasteiger partial charge in [-0.25, -0.2) is 8.78 Å². The van der Waals surface area contributed by atoms with Crippen LogP contribution in [-0.2, 0) is 0 Å². The number of benzene rings is 2. The Morgan fingerprint density at radius 1 is 0.952 bits per heavy atom. The van der Waals surface area contributed by atoms with Gasteiger partial charge in [-0.3, -0.25) is 0 Å². The second kappa shape index (κ2) is 6.43. The average Bonchev–Trinajstić information content (AvgIpc) is 2.50. The Bertz CT molecular complexity index is 632. The smallest absolute Gasteiger partial charge is 0.161 e. The molecule has 0 saturated heterocycles. The second-order valence-electron chi connectivity index (χ2n) is 4.60. The van der Waals surface area contributed by atoms with Crippen molar-refractivity contribution in [2.45, 2.75) is 13.0 Å². The summed E-state index contributed by atoms with van der Waals surface area (Å²) < 4.78 is 37.2. The van der Waals surface area contributed by atoms with Gasteiger partial charge in [-0.05, 0) is 42.8 Å². The fourth-order valence-electron chi connectivity index (χ4n) is 2.05. The number of ether oxygens (including phenoxy) is 2. The highest BCUT2D eigenvalue weighted by Gasteiger charge is 2.12. The molecule has 112 valence electrons. The molecule has 2 aromatic rings. The predicted molar refractivity (Wildman–Crippen MR) is 77.9 cm³/mol. The SMILES string of the molecule is COc1ccc(C(C)Nc2cc(F)ccc2F)cc1OC. The zero-order valence-electron chi connectivity index (χ0n) is 12.1. The first-order chi connectivity index (χ1) is 10.0. The first-order valence-corrected chi connectivity index (χ1v) is 6.48. The first-order valence-electron chi connectivity index (χ1n) is 6.48. The molecule has 21 heavy (non-hydrogen) atoms. The van der Waals surface area contributed by atoms with Crippen molar-refractivity contribution in [3.63, 3.8) is 0 Å². The molecule has 0 fully saturated rings. The Morgan fingerprint density at radius 3 is 2.33 bits per heavy atom. The Morgan fingerprint density at radius 2 is 1.67 bits per heavy atom. The van der Waals surface area contributed by atoms with E-state index in [2.05, 4.69) is 5.32 Å². The van der Waals surface area contributed by atoms with Crippen LogP contribution in [0.5, 0.6) is 11.5 Å². The molecule has 3 nitrogen and oxygen atoms in total. The molecule has 5 heteroatoms. The highest BCUT2D eigenvalue weighted by atomic mass is 19.1. The Hall–Kier alpha value is -2.30. The van der Waals surface area contributed by atoms with Gasteiger partial charge in [-0.2, -0.15) is 0 Å². The maximum Gasteiger partial charge on any atom is 0.161 e. The van der Waals surface area contributed by atoms with Gasteiger partial charge in [0.25, 0.3) is 0 Å². The number of halogens is 2. The lowest BCUT2D eigenvalue weighted by Crippen LogP contribution is -2.08. The molecular weight excluding hydrogens is 276 g/mol. The van der Waals surface area contributed by atoms with Gasteiger partial charge in [0.15, 0.2) is 11.5 Å². The molecule has 0 saturated carbocycles. The van der Waals surface area contributed by atoms with Crippen LogP contribution in [0.25, 0.3) is 0 Å². The zero-order valence-corrected chi connectivity index (χ0v) is 12.1. The summed E-state index contributed by atoms with van der Waals surface area (Å²) in [6, 6.07) is 8.51. The maximum atomic E-state index is 13.6. The van der Waals surface area contributed by atoms with Crippen molar-refractivity contribution >= 4 is 5.69 Å². The number of hydrogen-bond donors (Lipinski definition) is 1. The molecule has 0 heterocycles. The normalized spacial score (nSPS) is 11.9. The number of rotatable bonds is 5. The molecular formula is C16H17F2NO2. The van der Waals surface area contributed by atoms with Crippen LogP contribution in [0.15, 0.2) is 36.4 Å². The molecule has 0 aliphatic heterocycles. The average molecular weight is 293 g/mol. The first kappa shape index (κ1) is 15.1. The molecule has 0 amide bonds. The summed E-state index contributed by atoms with van der Waals surface area (Å²) in [6.45, 7) is 1.85. The highest BCUT2D eigenvalue weighted by molar-refractivity contribution is 5.49. The lowest BCUT2D eigenvalue weighted by atomic mass is 10.1. The van der Waals surface area contributed by atoms with Crippen molar-refractivity contribution < 1.29 is 18.3 Å². The van der Waals surface area contributed by atoms with Crippen LogP contribution in [0.3, 0.4) is 0 Å². The van der Waals surface area contributed by atoms with Crippen LogP contribution in [0.2, 0.25) is 0 Å². The lowest BCUT2D eigenvalue weighted by Gasteiger charge is -2.18. The monoisotopic (exact) mass is 293 g/mol. The van der Waals surface area contributed by atoms with E-state index in [1.807, 2.05) is 13.0 Å². The van der Waals surface area contributed by atoms with Gasteiger partial charge in [-0.1, -0.05) is 6.07 Å². The van der Waals surface area contributed by atoms with Crippen LogP contribution in [0.1, 0.15) is 18.5 Å². The molecule has 2 aromatic carbocycles. The quantitative estimate of drug-likeness (QED) is 0.898. The van der Waals surface area contributed by atoms with Gasteiger partial charge < -0.3 is 14.8 Å². The molecule has 0 aliphatic rings. The summed E-state index contributed by atoms with van der Waals surface area (Å²) in [6.07, 6.45) is 0. The Kier molecular flexibility index (Phi) is 4.62. The third kappa shape index (κ3) is 3.42. The third-order valence-electron chi connectivity index (χ3n) is 3.21. The van der Waals surface area contributed by atoms with Crippen molar-refractivity contribution in [3.05, 3.63) is 53.6 Å². The molecule has 0 bridgehead atoms. The van der Waals surface area contributed by atoms with Crippen molar-refractivity contribution in [2.75, 3.05) is 19.5 Å². The van der Waals surface area contributed by atoms with Gasteiger partial charge in [0.05, 0.1) is 19.9 Å². The number of methoxy groups -OCH3 is 2. The van der Waals surface area contributed by atoms with Gasteiger partial charge in [0.1, 0.15) is 11.6 Å². The summed E-state index contributed by atoms with van der Waals surface area (Å²) in [5.74, 6) is 0.218. The summed E-state index contributed by atoms with van der Waals surface area (Å²) >= 11 is 0. The standard InChI is InChI=1S/C16H17F2NO2/c1-10(19-14-9-12(17)5-6-13(14)18)11-4-7-15(20-2)16(8-11)21-3/h4-10,19H,1-3H3. The Balaban J connectivity index is 2.24. The van der Waals surface area contributed by atoms with Crippen molar-refractivity contribution in [2.24, 2.45) is 0 Å². The van der Waals surface area contributed by atoms with Crippen LogP contribution in [0.4, 0.5) is 14.5 Å². The van der Waals surface area contributed by atoms with E-state index in [-0.39, 0.29) is 11.7 Å². The fourth-order valence-corrected chi connectivity index (χ4v) is 2.05. The summed E-state index contributed by atoms with van der Waals surface area (Å²) in [5.41, 5.74) is 0.994. The summed E-state index contributed by atoms with van der Waals surface area (Å²) in [7, 11) is 3.10. The molecule has 0 aliphatic carbocycles. The lowest BCUT2D eigenvalue weighted by molar-refractivity contribution is 0.354. The van der Waals surface area contributed by atoms with Crippen LogP contribution >= 0.6 is 0 Å². The molecule has 1 unspecified atom stereocenters. The summed E-state index contributed by atoms with van der Waals surface area (Å²) in [5, 5.41) is 2.94. The van der Waals surface area contributed by atoms with Crippen molar-refractivity contribution in [1.29, 1.82) is 0 Å². The van der Waals surface area contributed by atoms with Crippen LogP contribution < -0.4 is 14.8 Å². The molecule has 1 atom stereocenters. The van der Waals surface area contributed by atoms with Gasteiger partial charge >= 0.3 is 0 Å². The van der Waals surface area contributed by atoms with Gasteiger partial charge in [-0.15, -0.1) is 0 Å². The number of anilines is 1.